The van der Waals surface area contributed by atoms with Crippen molar-refractivity contribution in [1.82, 2.24) is 5.43 Å². The van der Waals surface area contributed by atoms with Crippen LogP contribution in [0, 0.1) is 0 Å². The maximum atomic E-state index is 5.20. The molecule has 0 saturated carbocycles. The lowest BCUT2D eigenvalue weighted by Gasteiger charge is -2.10. The van der Waals surface area contributed by atoms with E-state index in [9.17, 15) is 0 Å². The highest BCUT2D eigenvalue weighted by molar-refractivity contribution is 5.75. The minimum absolute atomic E-state index is 0.0601. The standard InChI is InChI=1S/C10H16N4/c1-8(13-14-10(11)12)7-9-5-3-2-4-6-9/h2-6,8,13H,7H2,1H3,(H4,11,12,14)/t8-/m0/s1. The zero-order valence-electron chi connectivity index (χ0n) is 8.27. The van der Waals surface area contributed by atoms with Crippen molar-refractivity contribution in [2.45, 2.75) is 19.4 Å². The Bertz CT molecular complexity index is 290. The Labute approximate surface area is 84.0 Å². The zero-order valence-corrected chi connectivity index (χ0v) is 8.27. The molecule has 1 aromatic carbocycles. The number of hydrogen-bond donors (Lipinski definition) is 3. The lowest BCUT2D eigenvalue weighted by molar-refractivity contribution is 0.569. The molecule has 0 spiro atoms. The lowest BCUT2D eigenvalue weighted by atomic mass is 10.1. The molecule has 0 saturated heterocycles. The summed E-state index contributed by atoms with van der Waals surface area (Å²) in [6, 6.07) is 10.4. The number of nitrogens with two attached hydrogens (primary N) is 2. The largest absolute Gasteiger partial charge is 0.369 e. The first-order valence-corrected chi connectivity index (χ1v) is 4.56. The summed E-state index contributed by atoms with van der Waals surface area (Å²) in [6.07, 6.45) is 0.900. The van der Waals surface area contributed by atoms with Crippen molar-refractivity contribution in [1.29, 1.82) is 0 Å². The average Bonchev–Trinajstić information content (AvgIpc) is 2.16. The Hall–Kier alpha value is -1.71. The zero-order chi connectivity index (χ0) is 10.4. The molecule has 76 valence electrons. The van der Waals surface area contributed by atoms with Gasteiger partial charge in [0.15, 0.2) is 0 Å². The Morgan fingerprint density at radius 1 is 1.36 bits per heavy atom. The second-order valence-electron chi connectivity index (χ2n) is 3.26. The predicted octanol–water partition coefficient (Wildman–Crippen LogP) is 0.396. The minimum atomic E-state index is 0.0601. The van der Waals surface area contributed by atoms with Gasteiger partial charge in [0.2, 0.25) is 5.96 Å². The van der Waals surface area contributed by atoms with E-state index >= 15 is 0 Å². The number of hydrogen-bond acceptors (Lipinski definition) is 2. The van der Waals surface area contributed by atoms with Gasteiger partial charge in [-0.1, -0.05) is 30.3 Å². The van der Waals surface area contributed by atoms with E-state index in [1.54, 1.807) is 0 Å². The topological polar surface area (TPSA) is 76.4 Å². The summed E-state index contributed by atoms with van der Waals surface area (Å²) in [5.41, 5.74) is 14.5. The summed E-state index contributed by atoms with van der Waals surface area (Å²) in [4.78, 5) is 0. The second kappa shape index (κ2) is 5.11. The minimum Gasteiger partial charge on any atom is -0.369 e. The van der Waals surface area contributed by atoms with Crippen LogP contribution < -0.4 is 16.9 Å². The van der Waals surface area contributed by atoms with E-state index in [0.29, 0.717) is 0 Å². The lowest BCUT2D eigenvalue weighted by Crippen LogP contribution is -2.31. The fraction of sp³-hybridized carbons (Fsp3) is 0.300. The molecule has 0 aliphatic heterocycles. The molecule has 0 aliphatic carbocycles. The van der Waals surface area contributed by atoms with E-state index in [0.717, 1.165) is 6.42 Å². The van der Waals surface area contributed by atoms with E-state index in [1.807, 2.05) is 25.1 Å². The van der Waals surface area contributed by atoms with Crippen molar-refractivity contribution in [2.24, 2.45) is 16.6 Å². The molecule has 1 atom stereocenters. The molecular weight excluding hydrogens is 176 g/mol. The van der Waals surface area contributed by atoms with Crippen LogP contribution in [0.2, 0.25) is 0 Å². The van der Waals surface area contributed by atoms with Crippen LogP contribution in [-0.2, 0) is 6.42 Å². The monoisotopic (exact) mass is 192 g/mol. The van der Waals surface area contributed by atoms with Gasteiger partial charge in [0.05, 0.1) is 0 Å². The van der Waals surface area contributed by atoms with Crippen LogP contribution in [-0.4, -0.2) is 12.0 Å². The van der Waals surface area contributed by atoms with Gasteiger partial charge in [0.25, 0.3) is 0 Å². The maximum Gasteiger partial charge on any atom is 0.208 e. The van der Waals surface area contributed by atoms with Crippen LogP contribution in [0.4, 0.5) is 0 Å². The molecule has 0 aromatic heterocycles. The van der Waals surface area contributed by atoms with Crippen molar-refractivity contribution < 1.29 is 0 Å². The van der Waals surface area contributed by atoms with Crippen molar-refractivity contribution in [3.05, 3.63) is 35.9 Å². The molecule has 1 aromatic rings. The van der Waals surface area contributed by atoms with Gasteiger partial charge in [-0.2, -0.15) is 0 Å². The molecule has 0 amide bonds. The summed E-state index contributed by atoms with van der Waals surface area (Å²) in [5, 5.41) is 3.74. The van der Waals surface area contributed by atoms with Crippen LogP contribution in [0.15, 0.2) is 35.4 Å². The van der Waals surface area contributed by atoms with E-state index in [2.05, 4.69) is 22.7 Å². The molecular formula is C10H16N4. The van der Waals surface area contributed by atoms with Gasteiger partial charge >= 0.3 is 0 Å². The Morgan fingerprint density at radius 3 is 2.57 bits per heavy atom. The van der Waals surface area contributed by atoms with Crippen LogP contribution in [0.1, 0.15) is 12.5 Å². The molecule has 1 rings (SSSR count). The molecule has 0 bridgehead atoms. The first-order chi connectivity index (χ1) is 6.68. The van der Waals surface area contributed by atoms with Gasteiger partial charge in [-0.3, -0.25) is 0 Å². The van der Waals surface area contributed by atoms with E-state index < -0.39 is 0 Å². The second-order valence-corrected chi connectivity index (χ2v) is 3.26. The summed E-state index contributed by atoms with van der Waals surface area (Å²) in [6.45, 7) is 2.03. The van der Waals surface area contributed by atoms with Gasteiger partial charge in [-0.05, 0) is 18.9 Å². The van der Waals surface area contributed by atoms with E-state index in [1.165, 1.54) is 5.56 Å². The summed E-state index contributed by atoms with van der Waals surface area (Å²) in [7, 11) is 0. The van der Waals surface area contributed by atoms with Gasteiger partial charge in [-0.25, -0.2) is 0 Å². The molecule has 4 nitrogen and oxygen atoms in total. The fourth-order valence-corrected chi connectivity index (χ4v) is 1.20. The first-order valence-electron chi connectivity index (χ1n) is 4.56. The molecule has 0 radical (unpaired) electrons. The van der Waals surface area contributed by atoms with Crippen molar-refractivity contribution >= 4 is 5.96 Å². The summed E-state index contributed by atoms with van der Waals surface area (Å²) < 4.78 is 0. The summed E-state index contributed by atoms with van der Waals surface area (Å²) in [5.74, 6) is 0.0601. The normalized spacial score (nSPS) is 11.8. The molecule has 0 unspecified atom stereocenters. The van der Waals surface area contributed by atoms with Crippen LogP contribution in [0.25, 0.3) is 0 Å². The number of hydrazone groups is 1. The summed E-state index contributed by atoms with van der Waals surface area (Å²) >= 11 is 0. The molecule has 5 N–H and O–H groups in total. The molecule has 0 fully saturated rings. The Morgan fingerprint density at radius 2 is 2.00 bits per heavy atom. The van der Waals surface area contributed by atoms with Gasteiger partial charge in [0, 0.05) is 6.04 Å². The van der Waals surface area contributed by atoms with E-state index in [-0.39, 0.29) is 12.0 Å². The number of nitrogens with zero attached hydrogens (tertiary/aromatic N) is 1. The fourth-order valence-electron chi connectivity index (χ4n) is 1.20. The number of rotatable bonds is 4. The quantitative estimate of drug-likeness (QED) is 0.367. The smallest absolute Gasteiger partial charge is 0.208 e. The van der Waals surface area contributed by atoms with Crippen molar-refractivity contribution in [3.8, 4) is 0 Å². The van der Waals surface area contributed by atoms with Crippen LogP contribution in [0.5, 0.6) is 0 Å². The number of guanidine groups is 1. The Kier molecular flexibility index (Phi) is 3.79. The van der Waals surface area contributed by atoms with Gasteiger partial charge in [0.1, 0.15) is 0 Å². The third-order valence-electron chi connectivity index (χ3n) is 1.80. The van der Waals surface area contributed by atoms with Gasteiger partial charge in [-0.15, -0.1) is 5.10 Å². The SMILES string of the molecule is C[C@@H](Cc1ccccc1)NN=C(N)N. The van der Waals surface area contributed by atoms with Crippen LogP contribution in [0.3, 0.4) is 0 Å². The Balaban J connectivity index is 2.42. The van der Waals surface area contributed by atoms with Gasteiger partial charge < -0.3 is 16.9 Å². The highest BCUT2D eigenvalue weighted by Gasteiger charge is 2.00. The maximum absolute atomic E-state index is 5.20. The number of benzene rings is 1. The van der Waals surface area contributed by atoms with Crippen molar-refractivity contribution in [3.63, 3.8) is 0 Å². The molecule has 4 heteroatoms. The van der Waals surface area contributed by atoms with Crippen LogP contribution >= 0.6 is 0 Å². The average molecular weight is 192 g/mol. The highest BCUT2D eigenvalue weighted by atomic mass is 15.3. The van der Waals surface area contributed by atoms with E-state index in [4.69, 9.17) is 11.5 Å². The first kappa shape index (κ1) is 10.4. The third kappa shape index (κ3) is 3.80. The molecule has 0 heterocycles. The third-order valence-corrected chi connectivity index (χ3v) is 1.80. The molecule has 0 aliphatic rings. The number of nitrogens with one attached hydrogen (secondary N) is 1. The highest BCUT2D eigenvalue weighted by Crippen LogP contribution is 2.02. The van der Waals surface area contributed by atoms with Crippen molar-refractivity contribution in [2.75, 3.05) is 0 Å². The molecule has 14 heavy (non-hydrogen) atoms. The predicted molar refractivity (Wildman–Crippen MR) is 58.6 cm³/mol.